The van der Waals surface area contributed by atoms with Crippen LogP contribution in [-0.2, 0) is 4.79 Å². The zero-order chi connectivity index (χ0) is 11.2. The smallest absolute Gasteiger partial charge is 0.220 e. The molecule has 2 N–H and O–H groups in total. The van der Waals surface area contributed by atoms with Crippen molar-refractivity contribution in [3.05, 3.63) is 0 Å². The van der Waals surface area contributed by atoms with E-state index < -0.39 is 0 Å². The second-order valence-electron chi connectivity index (χ2n) is 5.29. The van der Waals surface area contributed by atoms with Gasteiger partial charge in [0.2, 0.25) is 5.91 Å². The molecule has 2 fully saturated rings. The number of nitrogens with one attached hydrogen (secondary N) is 2. The van der Waals surface area contributed by atoms with Crippen LogP contribution in [0.15, 0.2) is 0 Å². The van der Waals surface area contributed by atoms with Crippen molar-refractivity contribution < 1.29 is 4.79 Å². The van der Waals surface area contributed by atoms with Gasteiger partial charge in [-0.15, -0.1) is 12.4 Å². The number of hydrogen-bond donors (Lipinski definition) is 2. The Morgan fingerprint density at radius 3 is 2.35 bits per heavy atom. The molecule has 0 bridgehead atoms. The fraction of sp³-hybridized carbons (Fsp3) is 0.923. The minimum atomic E-state index is 0. The first kappa shape index (κ1) is 14.8. The third-order valence-corrected chi connectivity index (χ3v) is 3.66. The molecular formula is C13H25ClN2O. The fourth-order valence-electron chi connectivity index (χ4n) is 2.49. The molecule has 17 heavy (non-hydrogen) atoms. The number of rotatable bonds is 6. The summed E-state index contributed by atoms with van der Waals surface area (Å²) < 4.78 is 0. The monoisotopic (exact) mass is 260 g/mol. The maximum absolute atomic E-state index is 11.6. The van der Waals surface area contributed by atoms with Gasteiger partial charge in [0.25, 0.3) is 0 Å². The van der Waals surface area contributed by atoms with Gasteiger partial charge in [-0.25, -0.2) is 0 Å². The molecule has 0 atom stereocenters. The van der Waals surface area contributed by atoms with Crippen LogP contribution < -0.4 is 10.6 Å². The molecule has 0 aromatic heterocycles. The zero-order valence-electron chi connectivity index (χ0n) is 10.5. The molecule has 0 saturated heterocycles. The highest BCUT2D eigenvalue weighted by molar-refractivity contribution is 5.85. The number of amides is 1. The fourth-order valence-corrected chi connectivity index (χ4v) is 2.49. The Morgan fingerprint density at radius 2 is 1.71 bits per heavy atom. The predicted molar refractivity (Wildman–Crippen MR) is 72.5 cm³/mol. The summed E-state index contributed by atoms with van der Waals surface area (Å²) >= 11 is 0. The van der Waals surface area contributed by atoms with E-state index >= 15 is 0 Å². The minimum Gasteiger partial charge on any atom is -0.355 e. The number of carbonyl (C=O) groups excluding carboxylic acids is 1. The van der Waals surface area contributed by atoms with Gasteiger partial charge in [-0.2, -0.15) is 0 Å². The lowest BCUT2D eigenvalue weighted by Gasteiger charge is -2.20. The molecular weight excluding hydrogens is 236 g/mol. The maximum Gasteiger partial charge on any atom is 0.220 e. The van der Waals surface area contributed by atoms with E-state index in [2.05, 4.69) is 10.6 Å². The van der Waals surface area contributed by atoms with Crippen LogP contribution in [0.2, 0.25) is 0 Å². The SMILES string of the molecule is Cl.O=C(CC1CCCCC1)NCCNC1CC1. The molecule has 0 radical (unpaired) electrons. The quantitative estimate of drug-likeness (QED) is 0.720. The van der Waals surface area contributed by atoms with Gasteiger partial charge in [-0.1, -0.05) is 19.3 Å². The summed E-state index contributed by atoms with van der Waals surface area (Å²) in [4.78, 5) is 11.6. The van der Waals surface area contributed by atoms with E-state index in [1.54, 1.807) is 0 Å². The van der Waals surface area contributed by atoms with Crippen LogP contribution in [0.4, 0.5) is 0 Å². The van der Waals surface area contributed by atoms with Crippen LogP contribution in [0.3, 0.4) is 0 Å². The number of carbonyl (C=O) groups is 1. The first-order valence-corrected chi connectivity index (χ1v) is 6.84. The van der Waals surface area contributed by atoms with E-state index in [9.17, 15) is 4.79 Å². The van der Waals surface area contributed by atoms with Gasteiger partial charge in [0, 0.05) is 25.6 Å². The van der Waals surface area contributed by atoms with Crippen molar-refractivity contribution in [1.29, 1.82) is 0 Å². The molecule has 0 heterocycles. The van der Waals surface area contributed by atoms with Crippen molar-refractivity contribution in [3.8, 4) is 0 Å². The minimum absolute atomic E-state index is 0. The summed E-state index contributed by atoms with van der Waals surface area (Å²) in [7, 11) is 0. The third kappa shape index (κ3) is 6.27. The highest BCUT2D eigenvalue weighted by Crippen LogP contribution is 2.25. The van der Waals surface area contributed by atoms with E-state index in [1.807, 2.05) is 0 Å². The molecule has 1 amide bonds. The van der Waals surface area contributed by atoms with Crippen LogP contribution in [0.5, 0.6) is 0 Å². The molecule has 2 aliphatic rings. The molecule has 2 saturated carbocycles. The van der Waals surface area contributed by atoms with Gasteiger partial charge in [0.05, 0.1) is 0 Å². The number of halogens is 1. The Balaban J connectivity index is 0.00000144. The Bertz CT molecular complexity index is 225. The highest BCUT2D eigenvalue weighted by Gasteiger charge is 2.20. The third-order valence-electron chi connectivity index (χ3n) is 3.66. The summed E-state index contributed by atoms with van der Waals surface area (Å²) in [6.07, 6.45) is 9.91. The second-order valence-corrected chi connectivity index (χ2v) is 5.29. The molecule has 100 valence electrons. The molecule has 0 aromatic rings. The lowest BCUT2D eigenvalue weighted by Crippen LogP contribution is -2.33. The van der Waals surface area contributed by atoms with E-state index in [0.717, 1.165) is 25.6 Å². The van der Waals surface area contributed by atoms with Crippen LogP contribution in [-0.4, -0.2) is 25.0 Å². The first-order valence-electron chi connectivity index (χ1n) is 6.84. The van der Waals surface area contributed by atoms with Crippen molar-refractivity contribution in [1.82, 2.24) is 10.6 Å². The zero-order valence-corrected chi connectivity index (χ0v) is 11.4. The molecule has 2 aliphatic carbocycles. The van der Waals surface area contributed by atoms with E-state index in [1.165, 1.54) is 44.9 Å². The van der Waals surface area contributed by atoms with Gasteiger partial charge >= 0.3 is 0 Å². The van der Waals surface area contributed by atoms with Crippen LogP contribution >= 0.6 is 12.4 Å². The largest absolute Gasteiger partial charge is 0.355 e. The Kier molecular flexibility index (Phi) is 6.90. The van der Waals surface area contributed by atoms with Crippen molar-refractivity contribution in [2.45, 2.75) is 57.4 Å². The molecule has 0 spiro atoms. The summed E-state index contributed by atoms with van der Waals surface area (Å²) in [5, 5.41) is 6.41. The van der Waals surface area contributed by atoms with Gasteiger partial charge < -0.3 is 10.6 Å². The molecule has 2 rings (SSSR count). The Hall–Kier alpha value is -0.280. The van der Waals surface area contributed by atoms with Crippen molar-refractivity contribution in [2.24, 2.45) is 5.92 Å². The van der Waals surface area contributed by atoms with Gasteiger partial charge in [-0.3, -0.25) is 4.79 Å². The lowest BCUT2D eigenvalue weighted by atomic mass is 9.87. The average molecular weight is 261 g/mol. The topological polar surface area (TPSA) is 41.1 Å². The van der Waals surface area contributed by atoms with Gasteiger partial charge in [0.1, 0.15) is 0 Å². The normalized spacial score (nSPS) is 20.7. The summed E-state index contributed by atoms with van der Waals surface area (Å²) in [6, 6.07) is 0.746. The highest BCUT2D eigenvalue weighted by atomic mass is 35.5. The standard InChI is InChI=1S/C13H24N2O.ClH/c16-13(10-11-4-2-1-3-5-11)15-9-8-14-12-6-7-12;/h11-12,14H,1-10H2,(H,15,16);1H. The van der Waals surface area contributed by atoms with E-state index in [-0.39, 0.29) is 18.3 Å². The second kappa shape index (κ2) is 7.93. The van der Waals surface area contributed by atoms with Crippen molar-refractivity contribution in [2.75, 3.05) is 13.1 Å². The van der Waals surface area contributed by atoms with Gasteiger partial charge in [0.15, 0.2) is 0 Å². The van der Waals surface area contributed by atoms with Crippen molar-refractivity contribution in [3.63, 3.8) is 0 Å². The maximum atomic E-state index is 11.6. The van der Waals surface area contributed by atoms with Crippen molar-refractivity contribution >= 4 is 18.3 Å². The Labute approximate surface area is 111 Å². The number of hydrogen-bond acceptors (Lipinski definition) is 2. The van der Waals surface area contributed by atoms with Crippen LogP contribution in [0.25, 0.3) is 0 Å². The summed E-state index contributed by atoms with van der Waals surface area (Å²) in [5.41, 5.74) is 0. The van der Waals surface area contributed by atoms with Crippen LogP contribution in [0.1, 0.15) is 51.4 Å². The predicted octanol–water partition coefficient (Wildman–Crippen LogP) is 2.25. The summed E-state index contributed by atoms with van der Waals surface area (Å²) in [5.74, 6) is 0.912. The molecule has 0 unspecified atom stereocenters. The average Bonchev–Trinajstić information content (AvgIpc) is 3.10. The Morgan fingerprint density at radius 1 is 1.00 bits per heavy atom. The molecule has 4 heteroatoms. The molecule has 0 aromatic carbocycles. The lowest BCUT2D eigenvalue weighted by molar-refractivity contribution is -0.122. The van der Waals surface area contributed by atoms with E-state index in [0.29, 0.717) is 5.92 Å². The van der Waals surface area contributed by atoms with E-state index in [4.69, 9.17) is 0 Å². The molecule has 0 aliphatic heterocycles. The first-order chi connectivity index (χ1) is 7.84. The summed E-state index contributed by atoms with van der Waals surface area (Å²) in [6.45, 7) is 1.73. The van der Waals surface area contributed by atoms with Crippen LogP contribution in [0, 0.1) is 5.92 Å². The van der Waals surface area contributed by atoms with Gasteiger partial charge in [-0.05, 0) is 31.6 Å². The molecule has 3 nitrogen and oxygen atoms in total.